The van der Waals surface area contributed by atoms with Crippen LogP contribution in [0.3, 0.4) is 0 Å². The second kappa shape index (κ2) is 10.7. The van der Waals surface area contributed by atoms with Crippen LogP contribution in [0.4, 0.5) is 0 Å². The maximum atomic E-state index is 2.42. The van der Waals surface area contributed by atoms with Crippen molar-refractivity contribution in [2.45, 2.75) is 64.5 Å². The molecular formula is C10H22LaP. The molecule has 0 aromatic carbocycles. The normalized spacial score (nSPS) is 14.1. The summed E-state index contributed by atoms with van der Waals surface area (Å²) in [5.74, 6) is 0. The molecule has 0 aliphatic rings. The minimum atomic E-state index is 1.06. The zero-order valence-corrected chi connectivity index (χ0v) is 13.2. The monoisotopic (exact) mass is 312 g/mol. The van der Waals surface area contributed by atoms with Gasteiger partial charge in [0.15, 0.2) is 0 Å². The van der Waals surface area contributed by atoms with Gasteiger partial charge >= 0.3 is 102 Å². The van der Waals surface area contributed by atoms with Crippen molar-refractivity contribution in [3.05, 3.63) is 0 Å². The van der Waals surface area contributed by atoms with Crippen LogP contribution in [0, 0.1) is 33.0 Å². The van der Waals surface area contributed by atoms with E-state index in [9.17, 15) is 0 Å². The molecule has 0 bridgehead atoms. The van der Waals surface area contributed by atoms with Gasteiger partial charge in [0.05, 0.1) is 0 Å². The molecule has 0 radical (unpaired) electrons. The molecule has 0 aromatic rings. The van der Waals surface area contributed by atoms with E-state index >= 15 is 0 Å². The molecule has 12 heavy (non-hydrogen) atoms. The average Bonchev–Trinajstić information content (AvgIpc) is 2.10. The summed E-state index contributed by atoms with van der Waals surface area (Å²) in [6.07, 6.45) is 10.2. The van der Waals surface area contributed by atoms with Gasteiger partial charge in [0.25, 0.3) is 0 Å². The van der Waals surface area contributed by atoms with Crippen LogP contribution in [-0.4, -0.2) is 5.66 Å². The van der Waals surface area contributed by atoms with Gasteiger partial charge in [-0.1, -0.05) is 0 Å². The Bertz CT molecular complexity index is 85.9. The quantitative estimate of drug-likeness (QED) is 0.464. The fourth-order valence-electron chi connectivity index (χ4n) is 1.31. The average molecular weight is 312 g/mol. The molecule has 2 heteroatoms. The Labute approximate surface area is 101 Å². The fourth-order valence-corrected chi connectivity index (χ4v) is 3.26. The first-order chi connectivity index (χ1) is 5.81. The molecule has 0 rings (SSSR count). The molecular weight excluding hydrogens is 290 g/mol. The van der Waals surface area contributed by atoms with Crippen molar-refractivity contribution in [3.8, 4) is 0 Å². The molecule has 0 saturated heterocycles. The topological polar surface area (TPSA) is 0 Å². The summed E-state index contributed by atoms with van der Waals surface area (Å²) in [5, 5.41) is 0. The molecule has 0 fully saturated rings. The van der Waals surface area contributed by atoms with Crippen LogP contribution in [0.2, 0.25) is 0 Å². The van der Waals surface area contributed by atoms with E-state index in [1.165, 1.54) is 82.3 Å². The summed E-state index contributed by atoms with van der Waals surface area (Å²) >= 11 is 1.24. The third-order valence-electron chi connectivity index (χ3n) is 2.28. The first-order valence-corrected chi connectivity index (χ1v) is 11.9. The molecule has 2 atom stereocenters. The molecule has 0 saturated carbocycles. The third-order valence-corrected chi connectivity index (χ3v) is 8.49. The van der Waals surface area contributed by atoms with Crippen LogP contribution in [-0.2, 0) is 0 Å². The molecule has 0 aromatic heterocycles. The van der Waals surface area contributed by atoms with Gasteiger partial charge in [-0.2, -0.15) is 0 Å². The van der Waals surface area contributed by atoms with Crippen LogP contribution < -0.4 is 0 Å². The Kier molecular flexibility index (Phi) is 12.2. The Morgan fingerprint density at radius 2 is 1.67 bits per heavy atom. The van der Waals surface area contributed by atoms with Crippen molar-refractivity contribution in [2.24, 2.45) is 0 Å². The summed E-state index contributed by atoms with van der Waals surface area (Å²) in [6.45, 7) is 4.70. The molecule has 2 unspecified atom stereocenters. The molecule has 0 heterocycles. The molecule has 0 amide bonds. The van der Waals surface area contributed by atoms with Gasteiger partial charge in [-0.05, 0) is 0 Å². The van der Waals surface area contributed by atoms with Crippen molar-refractivity contribution < 1.29 is 33.0 Å². The summed E-state index contributed by atoms with van der Waals surface area (Å²) in [5.41, 5.74) is 1.06. The van der Waals surface area contributed by atoms with Crippen LogP contribution in [0.1, 0.15) is 58.8 Å². The Morgan fingerprint density at radius 1 is 1.08 bits per heavy atom. The van der Waals surface area contributed by atoms with E-state index in [0.717, 1.165) is 5.66 Å². The molecule has 0 aliphatic heterocycles. The molecule has 0 aliphatic carbocycles. The molecule has 70 valence electrons. The Balaban J connectivity index is 2.90. The van der Waals surface area contributed by atoms with Crippen LogP contribution in [0.15, 0.2) is 0 Å². The van der Waals surface area contributed by atoms with Gasteiger partial charge in [0.2, 0.25) is 0 Å². The summed E-state index contributed by atoms with van der Waals surface area (Å²) < 4.78 is 1.31. The number of rotatable bonds is 8. The van der Waals surface area contributed by atoms with Crippen molar-refractivity contribution in [3.63, 3.8) is 0 Å². The van der Waals surface area contributed by atoms with Gasteiger partial charge in [-0.3, -0.25) is 0 Å². The SMILES string of the molecule is CCCCCCCCC(C)[PH][La]. The Hall–Kier alpha value is 1.62. The predicted molar refractivity (Wildman–Crippen MR) is 55.8 cm³/mol. The molecule has 0 spiro atoms. The van der Waals surface area contributed by atoms with Crippen molar-refractivity contribution in [2.75, 3.05) is 0 Å². The van der Waals surface area contributed by atoms with Crippen molar-refractivity contribution >= 4 is 4.35 Å². The van der Waals surface area contributed by atoms with E-state index in [1.54, 1.807) is 0 Å². The molecule has 0 N–H and O–H groups in total. The van der Waals surface area contributed by atoms with Gasteiger partial charge in [-0.25, -0.2) is 0 Å². The van der Waals surface area contributed by atoms with Crippen LogP contribution in [0.25, 0.3) is 0 Å². The third kappa shape index (κ3) is 9.71. The van der Waals surface area contributed by atoms with Gasteiger partial charge < -0.3 is 0 Å². The van der Waals surface area contributed by atoms with Gasteiger partial charge in [0, 0.05) is 0 Å². The first kappa shape index (κ1) is 13.6. The minimum absolute atomic E-state index is 1.06. The fraction of sp³-hybridized carbons (Fsp3) is 1.00. The standard InChI is InChI=1S/C10H22P.La/c1-3-4-5-6-7-8-9-10(2)11;/h10-11H,3-9H2,1-2H3;/q-1;+1. The maximum absolute atomic E-state index is 2.42. The van der Waals surface area contributed by atoms with Crippen molar-refractivity contribution in [1.82, 2.24) is 0 Å². The predicted octanol–water partition coefficient (Wildman–Crippen LogP) is 4.27. The van der Waals surface area contributed by atoms with E-state index < -0.39 is 0 Å². The van der Waals surface area contributed by atoms with E-state index in [2.05, 4.69) is 13.8 Å². The number of hydrogen-bond donors (Lipinski definition) is 0. The summed E-state index contributed by atoms with van der Waals surface area (Å²) in [7, 11) is 0. The van der Waals surface area contributed by atoms with Crippen LogP contribution in [0.5, 0.6) is 0 Å². The number of hydrogen-bond acceptors (Lipinski definition) is 0. The molecule has 0 nitrogen and oxygen atoms in total. The zero-order chi connectivity index (χ0) is 9.23. The first-order valence-electron chi connectivity index (χ1n) is 5.27. The van der Waals surface area contributed by atoms with E-state index in [0.29, 0.717) is 0 Å². The second-order valence-corrected chi connectivity index (χ2v) is 8.08. The number of unbranched alkanes of at least 4 members (excludes halogenated alkanes) is 5. The summed E-state index contributed by atoms with van der Waals surface area (Å²) in [4.78, 5) is 0. The van der Waals surface area contributed by atoms with E-state index in [4.69, 9.17) is 0 Å². The Morgan fingerprint density at radius 3 is 2.25 bits per heavy atom. The second-order valence-electron chi connectivity index (χ2n) is 3.62. The zero-order valence-electron chi connectivity index (χ0n) is 8.60. The van der Waals surface area contributed by atoms with E-state index in [-0.39, 0.29) is 0 Å². The van der Waals surface area contributed by atoms with Crippen LogP contribution >= 0.6 is 4.35 Å². The summed E-state index contributed by atoms with van der Waals surface area (Å²) in [6, 6.07) is 0. The van der Waals surface area contributed by atoms with Crippen molar-refractivity contribution in [1.29, 1.82) is 0 Å². The van der Waals surface area contributed by atoms with Gasteiger partial charge in [-0.15, -0.1) is 0 Å². The van der Waals surface area contributed by atoms with E-state index in [1.807, 2.05) is 0 Å². The van der Waals surface area contributed by atoms with Gasteiger partial charge in [0.1, 0.15) is 0 Å².